The van der Waals surface area contributed by atoms with E-state index in [4.69, 9.17) is 14.7 Å². The summed E-state index contributed by atoms with van der Waals surface area (Å²) in [6.07, 6.45) is 1.71. The first-order valence-electron chi connectivity index (χ1n) is 11.4. The molecular weight excluding hydrogens is 448 g/mol. The third kappa shape index (κ3) is 7.05. The number of aryl methyl sites for hydroxylation is 1. The number of phenolic OH excluding ortho intramolecular Hbond substituents is 1. The van der Waals surface area contributed by atoms with E-state index in [1.54, 1.807) is 41.9 Å². The van der Waals surface area contributed by atoms with Crippen LogP contribution >= 0.6 is 0 Å². The maximum atomic E-state index is 12.9. The third-order valence-corrected chi connectivity index (χ3v) is 5.49. The summed E-state index contributed by atoms with van der Waals surface area (Å²) in [6.45, 7) is 4.18. The minimum absolute atomic E-state index is 0.123. The number of hydrogen-bond acceptors (Lipinski definition) is 6. The highest BCUT2D eigenvalue weighted by Crippen LogP contribution is 2.36. The number of aromatic hydroxyl groups is 1. The number of benzene rings is 3. The van der Waals surface area contributed by atoms with Crippen LogP contribution in [0.4, 0.5) is 10.5 Å². The second-order valence-corrected chi connectivity index (χ2v) is 7.99. The van der Waals surface area contributed by atoms with Crippen molar-refractivity contribution in [3.8, 4) is 5.75 Å². The summed E-state index contributed by atoms with van der Waals surface area (Å²) in [7, 11) is 0. The van der Waals surface area contributed by atoms with Gasteiger partial charge in [0, 0.05) is 29.3 Å². The average Bonchev–Trinajstić information content (AvgIpc) is 2.86. The second-order valence-electron chi connectivity index (χ2n) is 7.99. The van der Waals surface area contributed by atoms with Crippen molar-refractivity contribution in [3.05, 3.63) is 83.9 Å². The first kappa shape index (κ1) is 25.7. The number of amides is 2. The molecule has 3 aromatic rings. The zero-order valence-corrected chi connectivity index (χ0v) is 19.7. The molecule has 0 heterocycles. The van der Waals surface area contributed by atoms with E-state index in [9.17, 15) is 14.7 Å². The molecule has 0 aliphatic rings. The summed E-state index contributed by atoms with van der Waals surface area (Å²) in [5, 5.41) is 23.1. The predicted molar refractivity (Wildman–Crippen MR) is 133 cm³/mol. The standard InChI is InChI=1S/C27H30N2O6/c1-3-34-24(10-6-7-11-25(31)29-33)26(35-27(32)28-19-14-12-18(2)13-15-19)22-16-17-23(30)21-9-5-4-8-20(21)22/h4-5,7-9,11-17,24,26,30,33H,3,6,10H2,1-2H3,(H,28,32)(H,29,31)/b11-7+/t24-,26-/m1/s1. The lowest BCUT2D eigenvalue weighted by molar-refractivity contribution is -0.124. The van der Waals surface area contributed by atoms with Gasteiger partial charge in [-0.1, -0.05) is 54.1 Å². The normalized spacial score (nSPS) is 12.9. The van der Waals surface area contributed by atoms with Gasteiger partial charge in [0.1, 0.15) is 5.75 Å². The van der Waals surface area contributed by atoms with Crippen molar-refractivity contribution in [2.45, 2.75) is 38.9 Å². The zero-order valence-electron chi connectivity index (χ0n) is 19.7. The van der Waals surface area contributed by atoms with E-state index in [0.717, 1.165) is 10.9 Å². The molecule has 184 valence electrons. The molecule has 2 amide bonds. The fourth-order valence-corrected chi connectivity index (χ4v) is 3.82. The predicted octanol–water partition coefficient (Wildman–Crippen LogP) is 5.39. The Kier molecular flexibility index (Phi) is 9.23. The topological polar surface area (TPSA) is 117 Å². The third-order valence-electron chi connectivity index (χ3n) is 5.49. The lowest BCUT2D eigenvalue weighted by Gasteiger charge is -2.28. The maximum absolute atomic E-state index is 12.9. The Hall–Kier alpha value is -3.88. The Bertz CT molecular complexity index is 1180. The largest absolute Gasteiger partial charge is 0.507 e. The quantitative estimate of drug-likeness (QED) is 0.176. The van der Waals surface area contributed by atoms with Gasteiger partial charge in [-0.3, -0.25) is 15.3 Å². The monoisotopic (exact) mass is 478 g/mol. The van der Waals surface area contributed by atoms with E-state index in [1.807, 2.05) is 44.2 Å². The SMILES string of the molecule is CCO[C@H](CC/C=C/C(=O)NO)[C@H](OC(=O)Nc1ccc(C)cc1)c1ccc(O)c2ccccc12. The average molecular weight is 479 g/mol. The molecule has 0 bridgehead atoms. The van der Waals surface area contributed by atoms with Crippen LogP contribution in [0.15, 0.2) is 72.8 Å². The fourth-order valence-electron chi connectivity index (χ4n) is 3.82. The molecule has 0 fully saturated rings. The Balaban J connectivity index is 1.93. The van der Waals surface area contributed by atoms with Crippen LogP contribution in [0.25, 0.3) is 10.8 Å². The minimum atomic E-state index is -0.800. The summed E-state index contributed by atoms with van der Waals surface area (Å²) in [5.74, 6) is -0.508. The number of hydrogen-bond donors (Lipinski definition) is 4. The summed E-state index contributed by atoms with van der Waals surface area (Å²) in [5.41, 5.74) is 3.90. The fraction of sp³-hybridized carbons (Fsp3) is 0.259. The molecule has 0 aliphatic heterocycles. The highest BCUT2D eigenvalue weighted by Gasteiger charge is 2.29. The van der Waals surface area contributed by atoms with E-state index in [2.05, 4.69) is 5.32 Å². The molecule has 0 saturated heterocycles. The molecule has 0 saturated carbocycles. The molecule has 3 rings (SSSR count). The van der Waals surface area contributed by atoms with E-state index < -0.39 is 24.2 Å². The van der Waals surface area contributed by atoms with Gasteiger partial charge in [-0.05, 0) is 50.3 Å². The summed E-state index contributed by atoms with van der Waals surface area (Å²) >= 11 is 0. The maximum Gasteiger partial charge on any atom is 0.412 e. The smallest absolute Gasteiger partial charge is 0.412 e. The number of anilines is 1. The van der Waals surface area contributed by atoms with Crippen molar-refractivity contribution in [1.29, 1.82) is 0 Å². The van der Waals surface area contributed by atoms with Gasteiger partial charge in [-0.25, -0.2) is 10.3 Å². The van der Waals surface area contributed by atoms with Gasteiger partial charge in [0.2, 0.25) is 0 Å². The number of nitrogens with one attached hydrogen (secondary N) is 2. The molecule has 8 nitrogen and oxygen atoms in total. The Morgan fingerprint density at radius 2 is 1.74 bits per heavy atom. The number of allylic oxidation sites excluding steroid dienone is 1. The number of ether oxygens (including phenoxy) is 2. The molecule has 2 atom stereocenters. The molecule has 0 unspecified atom stereocenters. The highest BCUT2D eigenvalue weighted by atomic mass is 16.6. The molecular formula is C27H30N2O6. The number of carbonyl (C=O) groups excluding carboxylic acids is 2. The van der Waals surface area contributed by atoms with Crippen molar-refractivity contribution >= 4 is 28.5 Å². The van der Waals surface area contributed by atoms with Gasteiger partial charge >= 0.3 is 6.09 Å². The first-order chi connectivity index (χ1) is 16.9. The lowest BCUT2D eigenvalue weighted by atomic mass is 9.94. The van der Waals surface area contributed by atoms with Gasteiger partial charge in [-0.2, -0.15) is 0 Å². The van der Waals surface area contributed by atoms with Gasteiger partial charge < -0.3 is 14.6 Å². The number of phenols is 1. The molecule has 0 spiro atoms. The molecule has 4 N–H and O–H groups in total. The molecule has 0 aromatic heterocycles. The van der Waals surface area contributed by atoms with Crippen LogP contribution in [-0.4, -0.2) is 35.0 Å². The van der Waals surface area contributed by atoms with Gasteiger partial charge in [0.15, 0.2) is 6.10 Å². The van der Waals surface area contributed by atoms with Gasteiger partial charge in [0.25, 0.3) is 5.91 Å². The first-order valence-corrected chi connectivity index (χ1v) is 11.4. The Morgan fingerprint density at radius 1 is 1.03 bits per heavy atom. The molecule has 8 heteroatoms. The van der Waals surface area contributed by atoms with Crippen LogP contribution < -0.4 is 10.8 Å². The van der Waals surface area contributed by atoms with Gasteiger partial charge in [0.05, 0.1) is 6.10 Å². The van der Waals surface area contributed by atoms with Crippen molar-refractivity contribution < 1.29 is 29.4 Å². The summed E-state index contributed by atoms with van der Waals surface area (Å²) < 4.78 is 11.9. The van der Waals surface area contributed by atoms with E-state index in [-0.39, 0.29) is 5.75 Å². The number of rotatable bonds is 10. The van der Waals surface area contributed by atoms with Crippen molar-refractivity contribution in [2.75, 3.05) is 11.9 Å². The number of hydroxylamine groups is 1. The molecule has 3 aromatic carbocycles. The lowest BCUT2D eigenvalue weighted by Crippen LogP contribution is -2.29. The van der Waals surface area contributed by atoms with Crippen LogP contribution in [0.5, 0.6) is 5.75 Å². The molecule has 35 heavy (non-hydrogen) atoms. The number of fused-ring (bicyclic) bond motifs is 1. The van der Waals surface area contributed by atoms with E-state index in [0.29, 0.717) is 36.1 Å². The summed E-state index contributed by atoms with van der Waals surface area (Å²) in [4.78, 5) is 24.2. The van der Waals surface area contributed by atoms with Crippen LogP contribution in [0.3, 0.4) is 0 Å². The van der Waals surface area contributed by atoms with Crippen molar-refractivity contribution in [1.82, 2.24) is 5.48 Å². The van der Waals surface area contributed by atoms with E-state index >= 15 is 0 Å². The molecule has 0 aliphatic carbocycles. The van der Waals surface area contributed by atoms with Crippen molar-refractivity contribution in [2.24, 2.45) is 0 Å². The van der Waals surface area contributed by atoms with Gasteiger partial charge in [-0.15, -0.1) is 0 Å². The Morgan fingerprint density at radius 3 is 2.43 bits per heavy atom. The highest BCUT2D eigenvalue weighted by molar-refractivity contribution is 5.91. The van der Waals surface area contributed by atoms with E-state index in [1.165, 1.54) is 6.08 Å². The minimum Gasteiger partial charge on any atom is -0.507 e. The zero-order chi connectivity index (χ0) is 25.2. The van der Waals surface area contributed by atoms with Crippen LogP contribution in [-0.2, 0) is 14.3 Å². The van der Waals surface area contributed by atoms with Crippen LogP contribution in [0.2, 0.25) is 0 Å². The van der Waals surface area contributed by atoms with Crippen LogP contribution in [0.1, 0.15) is 37.0 Å². The molecule has 0 radical (unpaired) electrons. The van der Waals surface area contributed by atoms with Crippen molar-refractivity contribution in [3.63, 3.8) is 0 Å². The second kappa shape index (κ2) is 12.5. The number of carbonyl (C=O) groups is 2. The van der Waals surface area contributed by atoms with Crippen LogP contribution in [0, 0.1) is 6.92 Å². The Labute approximate surface area is 204 Å². The summed E-state index contributed by atoms with van der Waals surface area (Å²) in [6, 6.07) is 18.0.